The van der Waals surface area contributed by atoms with Crippen LogP contribution in [0.4, 0.5) is 13.2 Å². The largest absolute Gasteiger partial charge is 0.416 e. The zero-order chi connectivity index (χ0) is 14.0. The molecule has 0 aliphatic heterocycles. The van der Waals surface area contributed by atoms with Crippen LogP contribution in [0.2, 0.25) is 0 Å². The summed E-state index contributed by atoms with van der Waals surface area (Å²) < 4.78 is 37.5. The number of nitrogens with two attached hydrogens (primary N) is 1. The first-order valence-corrected chi connectivity index (χ1v) is 5.87. The summed E-state index contributed by atoms with van der Waals surface area (Å²) in [6.45, 7) is 0. The van der Waals surface area contributed by atoms with Crippen LogP contribution in [0.1, 0.15) is 11.1 Å². The minimum Gasteiger partial charge on any atom is -0.389 e. The summed E-state index contributed by atoms with van der Waals surface area (Å²) in [6, 6.07) is 12.0. The summed E-state index contributed by atoms with van der Waals surface area (Å²) in [6.07, 6.45) is -4.33. The normalized spacial score (nSPS) is 11.3. The highest BCUT2D eigenvalue weighted by Gasteiger charge is 2.30. The Hall–Kier alpha value is -1.88. The van der Waals surface area contributed by atoms with Crippen LogP contribution in [0, 0.1) is 0 Å². The van der Waals surface area contributed by atoms with Crippen molar-refractivity contribution in [1.82, 2.24) is 0 Å². The van der Waals surface area contributed by atoms with E-state index < -0.39 is 11.7 Å². The van der Waals surface area contributed by atoms with Gasteiger partial charge in [0.1, 0.15) is 4.99 Å². The van der Waals surface area contributed by atoms with Crippen molar-refractivity contribution in [2.24, 2.45) is 5.73 Å². The minimum absolute atomic E-state index is 0.218. The van der Waals surface area contributed by atoms with E-state index in [1.807, 2.05) is 0 Å². The summed E-state index contributed by atoms with van der Waals surface area (Å²) >= 11 is 4.93. The van der Waals surface area contributed by atoms with Crippen molar-refractivity contribution < 1.29 is 13.2 Å². The van der Waals surface area contributed by atoms with Crippen LogP contribution in [-0.4, -0.2) is 4.99 Å². The van der Waals surface area contributed by atoms with Crippen LogP contribution in [0.25, 0.3) is 11.1 Å². The van der Waals surface area contributed by atoms with Crippen LogP contribution in [0.5, 0.6) is 0 Å². The Morgan fingerprint density at radius 3 is 2.05 bits per heavy atom. The molecule has 0 aromatic heterocycles. The number of halogens is 3. The molecule has 0 atom stereocenters. The monoisotopic (exact) mass is 281 g/mol. The van der Waals surface area contributed by atoms with E-state index in [0.717, 1.165) is 17.7 Å². The fourth-order valence-corrected chi connectivity index (χ4v) is 1.97. The fraction of sp³-hybridized carbons (Fsp3) is 0.0714. The Kier molecular flexibility index (Phi) is 3.57. The minimum atomic E-state index is -4.33. The van der Waals surface area contributed by atoms with E-state index in [2.05, 4.69) is 0 Å². The molecule has 0 amide bonds. The van der Waals surface area contributed by atoms with E-state index in [9.17, 15) is 13.2 Å². The van der Waals surface area contributed by atoms with Crippen molar-refractivity contribution in [3.8, 4) is 11.1 Å². The van der Waals surface area contributed by atoms with Gasteiger partial charge in [-0.25, -0.2) is 0 Å². The lowest BCUT2D eigenvalue weighted by Gasteiger charge is -2.10. The van der Waals surface area contributed by atoms with Crippen molar-refractivity contribution in [3.63, 3.8) is 0 Å². The van der Waals surface area contributed by atoms with Gasteiger partial charge in [-0.3, -0.25) is 0 Å². The van der Waals surface area contributed by atoms with Gasteiger partial charge in [-0.2, -0.15) is 13.2 Å². The number of benzene rings is 2. The highest BCUT2D eigenvalue weighted by atomic mass is 32.1. The Labute approximate surface area is 113 Å². The molecule has 2 aromatic carbocycles. The zero-order valence-electron chi connectivity index (χ0n) is 9.74. The Bertz CT molecular complexity index is 603. The molecule has 19 heavy (non-hydrogen) atoms. The fourth-order valence-electron chi connectivity index (χ4n) is 1.79. The maximum absolute atomic E-state index is 12.5. The predicted octanol–water partition coefficient (Wildman–Crippen LogP) is 4.01. The number of alkyl halides is 3. The number of rotatable bonds is 2. The number of hydrogen-bond acceptors (Lipinski definition) is 1. The molecule has 0 bridgehead atoms. The second kappa shape index (κ2) is 5.01. The van der Waals surface area contributed by atoms with E-state index >= 15 is 0 Å². The summed E-state index contributed by atoms with van der Waals surface area (Å²) in [4.78, 5) is 0.218. The van der Waals surface area contributed by atoms with Gasteiger partial charge in [0.2, 0.25) is 0 Å². The lowest BCUT2D eigenvalue weighted by molar-refractivity contribution is -0.137. The van der Waals surface area contributed by atoms with Gasteiger partial charge >= 0.3 is 6.18 Å². The van der Waals surface area contributed by atoms with Crippen molar-refractivity contribution in [3.05, 3.63) is 59.7 Å². The van der Waals surface area contributed by atoms with Crippen LogP contribution in [-0.2, 0) is 6.18 Å². The van der Waals surface area contributed by atoms with Crippen molar-refractivity contribution in [1.29, 1.82) is 0 Å². The molecule has 0 radical (unpaired) electrons. The van der Waals surface area contributed by atoms with Crippen molar-refractivity contribution in [2.75, 3.05) is 0 Å². The molecule has 5 heteroatoms. The molecule has 0 aliphatic rings. The SMILES string of the molecule is NC(=S)c1ccccc1-c1ccc(C(F)(F)F)cc1. The van der Waals surface area contributed by atoms with E-state index in [0.29, 0.717) is 11.1 Å². The van der Waals surface area contributed by atoms with E-state index in [-0.39, 0.29) is 4.99 Å². The first kappa shape index (κ1) is 13.5. The molecular formula is C14H10F3NS. The molecule has 0 aliphatic carbocycles. The molecule has 0 unspecified atom stereocenters. The lowest BCUT2D eigenvalue weighted by Crippen LogP contribution is -2.10. The molecule has 2 aromatic rings. The van der Waals surface area contributed by atoms with Crippen LogP contribution < -0.4 is 5.73 Å². The molecule has 2 N–H and O–H groups in total. The third-order valence-corrected chi connectivity index (χ3v) is 2.94. The Balaban J connectivity index is 2.46. The summed E-state index contributed by atoms with van der Waals surface area (Å²) in [5, 5.41) is 0. The van der Waals surface area contributed by atoms with Crippen molar-refractivity contribution >= 4 is 17.2 Å². The third kappa shape index (κ3) is 2.93. The summed E-state index contributed by atoms with van der Waals surface area (Å²) in [7, 11) is 0. The molecule has 0 saturated heterocycles. The molecule has 2 rings (SSSR count). The second-order valence-electron chi connectivity index (χ2n) is 3.98. The van der Waals surface area contributed by atoms with Gasteiger partial charge in [0, 0.05) is 5.56 Å². The van der Waals surface area contributed by atoms with Crippen LogP contribution in [0.3, 0.4) is 0 Å². The van der Waals surface area contributed by atoms with Crippen molar-refractivity contribution in [2.45, 2.75) is 6.18 Å². The molecule has 0 fully saturated rings. The number of thiocarbonyl (C=S) groups is 1. The molecule has 0 spiro atoms. The quantitative estimate of drug-likeness (QED) is 0.842. The smallest absolute Gasteiger partial charge is 0.389 e. The molecular weight excluding hydrogens is 271 g/mol. The topological polar surface area (TPSA) is 26.0 Å². The van der Waals surface area contributed by atoms with Gasteiger partial charge in [0.15, 0.2) is 0 Å². The highest BCUT2D eigenvalue weighted by molar-refractivity contribution is 7.80. The van der Waals surface area contributed by atoms with Crippen LogP contribution >= 0.6 is 12.2 Å². The van der Waals surface area contributed by atoms with Gasteiger partial charge in [0.05, 0.1) is 5.56 Å². The van der Waals surface area contributed by atoms with E-state index in [1.165, 1.54) is 12.1 Å². The average molecular weight is 281 g/mol. The maximum atomic E-state index is 12.5. The Morgan fingerprint density at radius 1 is 0.947 bits per heavy atom. The van der Waals surface area contributed by atoms with Gasteiger partial charge < -0.3 is 5.73 Å². The maximum Gasteiger partial charge on any atom is 0.416 e. The van der Waals surface area contributed by atoms with E-state index in [4.69, 9.17) is 18.0 Å². The van der Waals surface area contributed by atoms with Gasteiger partial charge in [-0.15, -0.1) is 0 Å². The number of hydrogen-bond donors (Lipinski definition) is 1. The molecule has 0 saturated carbocycles. The van der Waals surface area contributed by atoms with Gasteiger partial charge in [0.25, 0.3) is 0 Å². The van der Waals surface area contributed by atoms with Gasteiger partial charge in [-0.05, 0) is 23.3 Å². The Morgan fingerprint density at radius 2 is 1.53 bits per heavy atom. The summed E-state index contributed by atoms with van der Waals surface area (Å²) in [5.41, 5.74) is 6.95. The lowest BCUT2D eigenvalue weighted by atomic mass is 9.98. The average Bonchev–Trinajstić information content (AvgIpc) is 2.38. The second-order valence-corrected chi connectivity index (χ2v) is 4.42. The predicted molar refractivity (Wildman–Crippen MR) is 72.8 cm³/mol. The zero-order valence-corrected chi connectivity index (χ0v) is 10.6. The standard InChI is InChI=1S/C14H10F3NS/c15-14(16,17)10-7-5-9(6-8-10)11-3-1-2-4-12(11)13(18)19/h1-8H,(H2,18,19). The molecule has 0 heterocycles. The first-order chi connectivity index (χ1) is 8.89. The first-order valence-electron chi connectivity index (χ1n) is 5.46. The summed E-state index contributed by atoms with van der Waals surface area (Å²) in [5.74, 6) is 0. The molecule has 98 valence electrons. The molecule has 1 nitrogen and oxygen atoms in total. The third-order valence-electron chi connectivity index (χ3n) is 2.72. The van der Waals surface area contributed by atoms with Gasteiger partial charge in [-0.1, -0.05) is 48.6 Å². The highest BCUT2D eigenvalue weighted by Crippen LogP contribution is 2.31. The van der Waals surface area contributed by atoms with E-state index in [1.54, 1.807) is 24.3 Å². The van der Waals surface area contributed by atoms with Crippen LogP contribution in [0.15, 0.2) is 48.5 Å².